The maximum atomic E-state index is 9.96. The molecular formula is C15H24ClNO2. The molecule has 1 unspecified atom stereocenters. The summed E-state index contributed by atoms with van der Waals surface area (Å²) in [5.74, 6) is 0.885. The highest BCUT2D eigenvalue weighted by Gasteiger charge is 2.16. The number of rotatable bonds is 5. The van der Waals surface area contributed by atoms with Crippen molar-refractivity contribution in [2.45, 2.75) is 32.8 Å². The third kappa shape index (κ3) is 4.68. The van der Waals surface area contributed by atoms with Gasteiger partial charge in [0.05, 0.1) is 0 Å². The van der Waals surface area contributed by atoms with E-state index < -0.39 is 6.10 Å². The third-order valence-corrected chi connectivity index (χ3v) is 3.65. The molecule has 1 heterocycles. The normalized spacial score (nSPS) is 17.0. The molecule has 19 heavy (non-hydrogen) atoms. The van der Waals surface area contributed by atoms with Gasteiger partial charge in [-0.1, -0.05) is 12.1 Å². The van der Waals surface area contributed by atoms with Gasteiger partial charge >= 0.3 is 0 Å². The first kappa shape index (κ1) is 16.3. The molecule has 1 saturated heterocycles. The zero-order valence-electron chi connectivity index (χ0n) is 11.8. The number of likely N-dealkylation sites (tertiary alicyclic amines) is 1. The van der Waals surface area contributed by atoms with Crippen molar-refractivity contribution in [2.75, 3.05) is 26.2 Å². The number of nitrogens with zero attached hydrogens (tertiary/aromatic N) is 1. The van der Waals surface area contributed by atoms with Crippen LogP contribution in [0.1, 0.15) is 24.0 Å². The molecule has 0 radical (unpaired) electrons. The van der Waals surface area contributed by atoms with E-state index in [9.17, 15) is 5.11 Å². The van der Waals surface area contributed by atoms with E-state index in [1.807, 2.05) is 12.1 Å². The third-order valence-electron chi connectivity index (χ3n) is 3.65. The van der Waals surface area contributed by atoms with Gasteiger partial charge in [-0.25, -0.2) is 0 Å². The van der Waals surface area contributed by atoms with Crippen LogP contribution in [0.25, 0.3) is 0 Å². The van der Waals surface area contributed by atoms with Crippen molar-refractivity contribution in [1.82, 2.24) is 4.90 Å². The molecule has 3 nitrogen and oxygen atoms in total. The zero-order valence-corrected chi connectivity index (χ0v) is 12.6. The average Bonchev–Trinajstić information content (AvgIpc) is 2.84. The molecule has 0 amide bonds. The predicted octanol–water partition coefficient (Wildman–Crippen LogP) is 2.56. The SMILES string of the molecule is Cc1cccc(OCC(O)CN2CCCC2)c1C.Cl. The first-order valence-electron chi connectivity index (χ1n) is 6.76. The van der Waals surface area contributed by atoms with E-state index in [0.29, 0.717) is 6.61 Å². The fourth-order valence-corrected chi connectivity index (χ4v) is 2.38. The molecule has 0 spiro atoms. The Hall–Kier alpha value is -0.770. The van der Waals surface area contributed by atoms with Crippen LogP contribution in [0.2, 0.25) is 0 Å². The number of hydrogen-bond acceptors (Lipinski definition) is 3. The number of hydrogen-bond donors (Lipinski definition) is 1. The molecule has 108 valence electrons. The maximum absolute atomic E-state index is 9.96. The van der Waals surface area contributed by atoms with Crippen molar-refractivity contribution >= 4 is 12.4 Å². The second-order valence-electron chi connectivity index (χ2n) is 5.17. The van der Waals surface area contributed by atoms with Gasteiger partial charge in [0.2, 0.25) is 0 Å². The molecule has 1 aliphatic heterocycles. The summed E-state index contributed by atoms with van der Waals surface area (Å²) in [6, 6.07) is 6.03. The van der Waals surface area contributed by atoms with Gasteiger partial charge in [0, 0.05) is 6.54 Å². The van der Waals surface area contributed by atoms with Gasteiger partial charge in [0.1, 0.15) is 18.5 Å². The molecule has 0 aliphatic carbocycles. The second kappa shape index (κ2) is 7.73. The summed E-state index contributed by atoms with van der Waals surface area (Å²) in [7, 11) is 0. The molecule has 0 saturated carbocycles. The highest BCUT2D eigenvalue weighted by molar-refractivity contribution is 5.85. The predicted molar refractivity (Wildman–Crippen MR) is 80.3 cm³/mol. The average molecular weight is 286 g/mol. The number of aliphatic hydroxyl groups is 1. The number of aliphatic hydroxyl groups excluding tert-OH is 1. The second-order valence-corrected chi connectivity index (χ2v) is 5.17. The molecule has 0 aromatic heterocycles. The summed E-state index contributed by atoms with van der Waals surface area (Å²) < 4.78 is 5.71. The molecule has 1 atom stereocenters. The zero-order chi connectivity index (χ0) is 13.0. The standard InChI is InChI=1S/C15H23NO2.ClH/c1-12-6-5-7-15(13(12)2)18-11-14(17)10-16-8-3-4-9-16;/h5-7,14,17H,3-4,8-11H2,1-2H3;1H. The Bertz CT molecular complexity index is 392. The number of ether oxygens (including phenoxy) is 1. The van der Waals surface area contributed by atoms with Gasteiger partial charge in [-0.3, -0.25) is 0 Å². The summed E-state index contributed by atoms with van der Waals surface area (Å²) in [6.45, 7) is 7.45. The highest BCUT2D eigenvalue weighted by atomic mass is 35.5. The molecule has 1 aliphatic rings. The van der Waals surface area contributed by atoms with Crippen LogP contribution in [-0.2, 0) is 0 Å². The smallest absolute Gasteiger partial charge is 0.122 e. The van der Waals surface area contributed by atoms with Crippen molar-refractivity contribution in [3.63, 3.8) is 0 Å². The molecule has 4 heteroatoms. The van der Waals surface area contributed by atoms with Crippen molar-refractivity contribution in [1.29, 1.82) is 0 Å². The van der Waals surface area contributed by atoms with Crippen LogP contribution in [0, 0.1) is 13.8 Å². The molecule has 0 bridgehead atoms. The van der Waals surface area contributed by atoms with Crippen LogP contribution in [-0.4, -0.2) is 42.4 Å². The molecule has 2 rings (SSSR count). The van der Waals surface area contributed by atoms with E-state index in [0.717, 1.165) is 30.9 Å². The van der Waals surface area contributed by atoms with Crippen LogP contribution >= 0.6 is 12.4 Å². The maximum Gasteiger partial charge on any atom is 0.122 e. The summed E-state index contributed by atoms with van der Waals surface area (Å²) in [5, 5.41) is 9.96. The van der Waals surface area contributed by atoms with Gasteiger partial charge in [0.25, 0.3) is 0 Å². The number of β-amino-alcohol motifs (C(OH)–C–C–N with tert-alkyl or cyclic N) is 1. The van der Waals surface area contributed by atoms with Crippen molar-refractivity contribution < 1.29 is 9.84 Å². The van der Waals surface area contributed by atoms with E-state index >= 15 is 0 Å². The van der Waals surface area contributed by atoms with Gasteiger partial charge in [0.15, 0.2) is 0 Å². The number of aryl methyl sites for hydroxylation is 1. The van der Waals surface area contributed by atoms with Crippen LogP contribution in [0.3, 0.4) is 0 Å². The van der Waals surface area contributed by atoms with Crippen LogP contribution in [0.5, 0.6) is 5.75 Å². The highest BCUT2D eigenvalue weighted by Crippen LogP contribution is 2.20. The Morgan fingerprint density at radius 1 is 1.26 bits per heavy atom. The minimum Gasteiger partial charge on any atom is -0.491 e. The lowest BCUT2D eigenvalue weighted by Crippen LogP contribution is -2.33. The Morgan fingerprint density at radius 2 is 1.95 bits per heavy atom. The van der Waals surface area contributed by atoms with E-state index in [1.54, 1.807) is 0 Å². The van der Waals surface area contributed by atoms with Gasteiger partial charge in [-0.15, -0.1) is 12.4 Å². The minimum atomic E-state index is -0.400. The lowest BCUT2D eigenvalue weighted by molar-refractivity contribution is 0.0755. The van der Waals surface area contributed by atoms with Crippen LogP contribution in [0.4, 0.5) is 0 Å². The Kier molecular flexibility index (Phi) is 6.63. The lowest BCUT2D eigenvalue weighted by Gasteiger charge is -2.20. The molecular weight excluding hydrogens is 262 g/mol. The monoisotopic (exact) mass is 285 g/mol. The Balaban J connectivity index is 0.00000180. The first-order valence-corrected chi connectivity index (χ1v) is 6.76. The van der Waals surface area contributed by atoms with E-state index in [1.165, 1.54) is 18.4 Å². The summed E-state index contributed by atoms with van der Waals surface area (Å²) in [4.78, 5) is 2.30. The van der Waals surface area contributed by atoms with Crippen LogP contribution < -0.4 is 4.74 Å². The Morgan fingerprint density at radius 3 is 2.63 bits per heavy atom. The molecule has 1 N–H and O–H groups in total. The van der Waals surface area contributed by atoms with Crippen molar-refractivity contribution in [3.05, 3.63) is 29.3 Å². The molecule has 1 aromatic rings. The van der Waals surface area contributed by atoms with Gasteiger partial charge in [-0.05, 0) is 57.0 Å². The first-order chi connectivity index (χ1) is 8.66. The summed E-state index contributed by atoms with van der Waals surface area (Å²) in [5.41, 5.74) is 2.38. The van der Waals surface area contributed by atoms with Gasteiger partial charge in [-0.2, -0.15) is 0 Å². The van der Waals surface area contributed by atoms with Gasteiger partial charge < -0.3 is 14.7 Å². The fraction of sp³-hybridized carbons (Fsp3) is 0.600. The van der Waals surface area contributed by atoms with E-state index in [2.05, 4.69) is 24.8 Å². The lowest BCUT2D eigenvalue weighted by atomic mass is 10.1. The summed E-state index contributed by atoms with van der Waals surface area (Å²) in [6.07, 6.45) is 2.11. The quantitative estimate of drug-likeness (QED) is 0.902. The largest absolute Gasteiger partial charge is 0.491 e. The molecule has 1 fully saturated rings. The summed E-state index contributed by atoms with van der Waals surface area (Å²) >= 11 is 0. The van der Waals surface area contributed by atoms with E-state index in [-0.39, 0.29) is 12.4 Å². The minimum absolute atomic E-state index is 0. The molecule has 1 aromatic carbocycles. The van der Waals surface area contributed by atoms with Crippen molar-refractivity contribution in [2.24, 2.45) is 0 Å². The van der Waals surface area contributed by atoms with E-state index in [4.69, 9.17) is 4.74 Å². The number of benzene rings is 1. The number of halogens is 1. The van der Waals surface area contributed by atoms with Crippen molar-refractivity contribution in [3.8, 4) is 5.75 Å². The topological polar surface area (TPSA) is 32.7 Å². The Labute approximate surface area is 122 Å². The van der Waals surface area contributed by atoms with Crippen LogP contribution in [0.15, 0.2) is 18.2 Å². The fourth-order valence-electron chi connectivity index (χ4n) is 2.38.